The van der Waals surface area contributed by atoms with E-state index in [-0.39, 0.29) is 11.9 Å². The highest BCUT2D eigenvalue weighted by Gasteiger charge is 2.31. The molecule has 0 spiro atoms. The highest BCUT2D eigenvalue weighted by molar-refractivity contribution is 7.81. The maximum Gasteiger partial charge on any atom is 0.273 e. The molecule has 3 aromatic rings. The highest BCUT2D eigenvalue weighted by atomic mass is 32.1. The van der Waals surface area contributed by atoms with Crippen molar-refractivity contribution in [2.75, 3.05) is 18.6 Å². The van der Waals surface area contributed by atoms with E-state index in [2.05, 4.69) is 56.9 Å². The average molecular weight is 413 g/mol. The van der Waals surface area contributed by atoms with Crippen molar-refractivity contribution < 1.29 is 9.53 Å². The normalized spacial score (nSPS) is 17.0. The van der Waals surface area contributed by atoms with E-state index in [4.69, 9.17) is 4.74 Å². The number of nitrogens with one attached hydrogen (secondary N) is 3. The number of imidazole rings is 1. The van der Waals surface area contributed by atoms with Crippen LogP contribution in [0.5, 0.6) is 5.75 Å². The number of methoxy groups -OCH3 is 1. The molecule has 2 aromatic heterocycles. The summed E-state index contributed by atoms with van der Waals surface area (Å²) in [5.41, 5.74) is 2.24. The van der Waals surface area contributed by atoms with Gasteiger partial charge in [0.1, 0.15) is 16.9 Å². The molecule has 0 aliphatic carbocycles. The van der Waals surface area contributed by atoms with Crippen LogP contribution in [0.1, 0.15) is 23.1 Å². The van der Waals surface area contributed by atoms with Gasteiger partial charge in [0, 0.05) is 42.8 Å². The lowest BCUT2D eigenvalue weighted by Crippen LogP contribution is -2.53. The molecule has 152 valence electrons. The van der Waals surface area contributed by atoms with Crippen LogP contribution < -0.4 is 20.3 Å². The van der Waals surface area contributed by atoms with Crippen molar-refractivity contribution in [2.45, 2.75) is 25.0 Å². The minimum atomic E-state index is -0.414. The second-order valence-corrected chi connectivity index (χ2v) is 7.44. The number of benzene rings is 1. The smallest absolute Gasteiger partial charge is 0.273 e. The third-order valence-corrected chi connectivity index (χ3v) is 5.35. The van der Waals surface area contributed by atoms with Crippen LogP contribution in [0.15, 0.2) is 48.9 Å². The summed E-state index contributed by atoms with van der Waals surface area (Å²) in [7, 11) is 1.67. The average Bonchev–Trinajstić information content (AvgIpc) is 3.39. The van der Waals surface area contributed by atoms with Gasteiger partial charge >= 0.3 is 0 Å². The lowest BCUT2D eigenvalue weighted by atomic mass is 10.2. The first-order valence-corrected chi connectivity index (χ1v) is 9.91. The van der Waals surface area contributed by atoms with Crippen molar-refractivity contribution in [2.24, 2.45) is 0 Å². The summed E-state index contributed by atoms with van der Waals surface area (Å²) in [6.45, 7) is 3.44. The molecule has 0 radical (unpaired) electrons. The SMILES string of the molecule is COc1cccc(-n2cccc2CNC(C)CN2c3nc[nH]c3C(=O)NC2S)c1. The summed E-state index contributed by atoms with van der Waals surface area (Å²) in [5, 5.41) is 6.37. The Morgan fingerprint density at radius 1 is 1.34 bits per heavy atom. The number of fused-ring (bicyclic) bond motifs is 1. The number of amides is 1. The second-order valence-electron chi connectivity index (χ2n) is 6.95. The molecule has 9 heteroatoms. The zero-order valence-electron chi connectivity index (χ0n) is 16.3. The first-order chi connectivity index (χ1) is 14.1. The fourth-order valence-electron chi connectivity index (χ4n) is 3.45. The zero-order chi connectivity index (χ0) is 20.4. The first-order valence-electron chi connectivity index (χ1n) is 9.40. The molecule has 1 aliphatic heterocycles. The number of ether oxygens (including phenoxy) is 1. The fourth-order valence-corrected chi connectivity index (χ4v) is 3.77. The molecule has 1 amide bonds. The van der Waals surface area contributed by atoms with Crippen molar-refractivity contribution >= 4 is 24.4 Å². The maximum absolute atomic E-state index is 12.0. The second kappa shape index (κ2) is 8.22. The molecule has 0 saturated heterocycles. The minimum Gasteiger partial charge on any atom is -0.497 e. The van der Waals surface area contributed by atoms with Crippen LogP contribution in [-0.2, 0) is 6.54 Å². The minimum absolute atomic E-state index is 0.137. The molecule has 0 fully saturated rings. The molecule has 3 heterocycles. The van der Waals surface area contributed by atoms with E-state index >= 15 is 0 Å². The van der Waals surface area contributed by atoms with Gasteiger partial charge in [-0.3, -0.25) is 4.79 Å². The Hall–Kier alpha value is -2.91. The van der Waals surface area contributed by atoms with Crippen LogP contribution in [0, 0.1) is 0 Å². The summed E-state index contributed by atoms with van der Waals surface area (Å²) < 4.78 is 7.47. The molecule has 29 heavy (non-hydrogen) atoms. The third kappa shape index (κ3) is 3.96. The van der Waals surface area contributed by atoms with Gasteiger partial charge in [0.2, 0.25) is 0 Å². The van der Waals surface area contributed by atoms with Gasteiger partial charge in [0.05, 0.1) is 13.4 Å². The number of thiol groups is 1. The predicted molar refractivity (Wildman–Crippen MR) is 115 cm³/mol. The quantitative estimate of drug-likeness (QED) is 0.447. The molecule has 8 nitrogen and oxygen atoms in total. The number of aromatic amines is 1. The topological polar surface area (TPSA) is 87.2 Å². The number of rotatable bonds is 7. The Labute approximate surface area is 174 Å². The predicted octanol–water partition coefficient (Wildman–Crippen LogP) is 2.15. The summed E-state index contributed by atoms with van der Waals surface area (Å²) in [5.74, 6) is 1.26. The number of H-pyrrole nitrogens is 1. The maximum atomic E-state index is 12.0. The standard InChI is InChI=1S/C20H24N6O2S/c1-13(11-26-18-17(22-12-23-18)19(27)24-20(26)29)21-10-15-6-4-8-25(15)14-5-3-7-16(9-14)28-2/h3-9,12-13,20-21,29H,10-11H2,1-2H3,(H,22,23)(H,24,27). The van der Waals surface area contributed by atoms with E-state index in [9.17, 15) is 4.79 Å². The van der Waals surface area contributed by atoms with Gasteiger partial charge in [-0.25, -0.2) is 4.98 Å². The fraction of sp³-hybridized carbons (Fsp3) is 0.300. The Bertz CT molecular complexity index is 1000. The molecule has 0 saturated carbocycles. The lowest BCUT2D eigenvalue weighted by Gasteiger charge is -2.35. The van der Waals surface area contributed by atoms with E-state index < -0.39 is 5.50 Å². The number of carbonyl (C=O) groups excluding carboxylic acids is 1. The molecule has 0 bridgehead atoms. The van der Waals surface area contributed by atoms with E-state index in [1.165, 1.54) is 6.33 Å². The number of aromatic nitrogens is 3. The number of nitrogens with zero attached hydrogens (tertiary/aromatic N) is 3. The monoisotopic (exact) mass is 412 g/mol. The van der Waals surface area contributed by atoms with Gasteiger partial charge in [-0.05, 0) is 31.2 Å². The van der Waals surface area contributed by atoms with Gasteiger partial charge in [0.15, 0.2) is 5.82 Å². The van der Waals surface area contributed by atoms with Gasteiger partial charge in [-0.2, -0.15) is 0 Å². The van der Waals surface area contributed by atoms with Crippen molar-refractivity contribution in [3.63, 3.8) is 0 Å². The van der Waals surface area contributed by atoms with Crippen LogP contribution in [0.2, 0.25) is 0 Å². The number of carbonyl (C=O) groups is 1. The van der Waals surface area contributed by atoms with Crippen molar-refractivity contribution in [3.8, 4) is 11.4 Å². The molecule has 1 aliphatic rings. The highest BCUT2D eigenvalue weighted by Crippen LogP contribution is 2.24. The molecule has 2 unspecified atom stereocenters. The third-order valence-electron chi connectivity index (χ3n) is 4.94. The van der Waals surface area contributed by atoms with E-state index in [0.29, 0.717) is 24.6 Å². The zero-order valence-corrected chi connectivity index (χ0v) is 17.2. The molecule has 1 aromatic carbocycles. The Balaban J connectivity index is 1.42. The number of hydrogen-bond donors (Lipinski definition) is 4. The van der Waals surface area contributed by atoms with Crippen LogP contribution in [0.25, 0.3) is 5.69 Å². The Morgan fingerprint density at radius 2 is 2.21 bits per heavy atom. The summed E-state index contributed by atoms with van der Waals surface area (Å²) in [6.07, 6.45) is 3.57. The molecular weight excluding hydrogens is 388 g/mol. The van der Waals surface area contributed by atoms with Gasteiger partial charge in [-0.15, -0.1) is 12.6 Å². The van der Waals surface area contributed by atoms with Crippen LogP contribution in [-0.4, -0.2) is 45.6 Å². The van der Waals surface area contributed by atoms with Crippen LogP contribution >= 0.6 is 12.6 Å². The summed E-state index contributed by atoms with van der Waals surface area (Å²) >= 11 is 4.50. The Morgan fingerprint density at radius 3 is 3.03 bits per heavy atom. The summed E-state index contributed by atoms with van der Waals surface area (Å²) in [4.78, 5) is 21.1. The van der Waals surface area contributed by atoms with Gasteiger partial charge in [0.25, 0.3) is 5.91 Å². The van der Waals surface area contributed by atoms with E-state index in [0.717, 1.165) is 17.1 Å². The van der Waals surface area contributed by atoms with Crippen LogP contribution in [0.4, 0.5) is 5.82 Å². The van der Waals surface area contributed by atoms with Crippen LogP contribution in [0.3, 0.4) is 0 Å². The first kappa shape index (κ1) is 19.4. The largest absolute Gasteiger partial charge is 0.497 e. The van der Waals surface area contributed by atoms with E-state index in [1.54, 1.807) is 7.11 Å². The van der Waals surface area contributed by atoms with Crippen molar-refractivity contribution in [3.05, 3.63) is 60.3 Å². The summed E-state index contributed by atoms with van der Waals surface area (Å²) in [6, 6.07) is 12.2. The van der Waals surface area contributed by atoms with E-state index in [1.807, 2.05) is 35.4 Å². The molecular formula is C20H24N6O2S. The molecule has 2 atom stereocenters. The number of hydrogen-bond acceptors (Lipinski definition) is 6. The van der Waals surface area contributed by atoms with Crippen molar-refractivity contribution in [1.82, 2.24) is 25.2 Å². The van der Waals surface area contributed by atoms with Gasteiger partial charge in [-0.1, -0.05) is 6.07 Å². The lowest BCUT2D eigenvalue weighted by molar-refractivity contribution is 0.0937. The molecule has 4 rings (SSSR count). The number of anilines is 1. The Kier molecular flexibility index (Phi) is 5.50. The molecule has 3 N–H and O–H groups in total. The van der Waals surface area contributed by atoms with Crippen molar-refractivity contribution in [1.29, 1.82) is 0 Å². The van der Waals surface area contributed by atoms with Gasteiger partial charge < -0.3 is 29.8 Å².